The highest BCUT2D eigenvalue weighted by Crippen LogP contribution is 2.30. The molecule has 190 valence electrons. The highest BCUT2D eigenvalue weighted by Gasteiger charge is 2.30. The van der Waals surface area contributed by atoms with E-state index in [1.165, 1.54) is 0 Å². The third kappa shape index (κ3) is 7.12. The zero-order valence-electron chi connectivity index (χ0n) is 19.3. The maximum absolute atomic E-state index is 15.2. The molecule has 2 amide bonds. The van der Waals surface area contributed by atoms with Gasteiger partial charge < -0.3 is 25.4 Å². The molecule has 0 aromatic heterocycles. The first-order chi connectivity index (χ1) is 16.3. The molecule has 1 heterocycles. The van der Waals surface area contributed by atoms with E-state index in [-0.39, 0.29) is 49.7 Å². The van der Waals surface area contributed by atoms with Crippen LogP contribution in [-0.4, -0.2) is 48.9 Å². The van der Waals surface area contributed by atoms with Crippen LogP contribution in [0.2, 0.25) is 0 Å². The van der Waals surface area contributed by atoms with Gasteiger partial charge in [0.1, 0.15) is 18.3 Å². The Bertz CT molecular complexity index is 1050. The van der Waals surface area contributed by atoms with E-state index in [0.29, 0.717) is 30.6 Å². The lowest BCUT2D eigenvalue weighted by molar-refractivity contribution is -0.133. The van der Waals surface area contributed by atoms with Crippen LogP contribution in [0.1, 0.15) is 42.6 Å². The second kappa shape index (κ2) is 13.0. The van der Waals surface area contributed by atoms with Crippen molar-refractivity contribution in [3.8, 4) is 5.75 Å². The highest BCUT2D eigenvalue weighted by atomic mass is 35.5. The third-order valence-electron chi connectivity index (χ3n) is 5.45. The number of carbonyl (C=O) groups excluding carboxylic acids is 2. The van der Waals surface area contributed by atoms with Crippen molar-refractivity contribution in [1.82, 2.24) is 10.2 Å². The maximum atomic E-state index is 15.2. The summed E-state index contributed by atoms with van der Waals surface area (Å²) in [5.41, 5.74) is 6.14. The first-order valence-electron chi connectivity index (χ1n) is 11.0. The van der Waals surface area contributed by atoms with Gasteiger partial charge in [-0.3, -0.25) is 15.0 Å². The Morgan fingerprint density at radius 1 is 1.23 bits per heavy atom. The van der Waals surface area contributed by atoms with E-state index in [0.717, 1.165) is 18.6 Å². The molecule has 0 bridgehead atoms. The molecule has 3 rings (SSSR count). The van der Waals surface area contributed by atoms with Crippen LogP contribution in [-0.2, 0) is 20.9 Å². The summed E-state index contributed by atoms with van der Waals surface area (Å²) in [5.74, 6) is -2.94. The molecule has 2 aromatic carbocycles. The molecule has 0 unspecified atom stereocenters. The van der Waals surface area contributed by atoms with E-state index in [9.17, 15) is 14.0 Å². The molecule has 1 atom stereocenters. The summed E-state index contributed by atoms with van der Waals surface area (Å²) in [7, 11) is 0. The number of carbonyl (C=O) groups is 2. The number of nitrogens with one attached hydrogen (secondary N) is 2. The summed E-state index contributed by atoms with van der Waals surface area (Å²) in [5, 5.41) is 10.0. The second-order valence-electron chi connectivity index (χ2n) is 7.77. The number of benzene rings is 2. The number of rotatable bonds is 11. The van der Waals surface area contributed by atoms with Gasteiger partial charge >= 0.3 is 0 Å². The average Bonchev–Trinajstić information content (AvgIpc) is 3.23. The molecule has 0 aliphatic carbocycles. The molecule has 35 heavy (non-hydrogen) atoms. The number of amides is 2. The lowest BCUT2D eigenvalue weighted by Gasteiger charge is -2.20. The van der Waals surface area contributed by atoms with E-state index < -0.39 is 29.2 Å². The quantitative estimate of drug-likeness (QED) is 0.317. The van der Waals surface area contributed by atoms with E-state index in [1.807, 2.05) is 0 Å². The molecule has 1 aliphatic heterocycles. The fraction of sp³-hybridized carbons (Fsp3) is 0.375. The normalized spacial score (nSPS) is 13.8. The van der Waals surface area contributed by atoms with Crippen LogP contribution in [0.4, 0.5) is 8.78 Å². The van der Waals surface area contributed by atoms with Gasteiger partial charge in [-0.15, -0.1) is 12.4 Å². The molecule has 1 saturated heterocycles. The lowest BCUT2D eigenvalue weighted by Crippen LogP contribution is -2.32. The summed E-state index contributed by atoms with van der Waals surface area (Å²) in [4.78, 5) is 26.1. The molecule has 8 nitrogen and oxygen atoms in total. The maximum Gasteiger partial charge on any atom is 0.254 e. The minimum Gasteiger partial charge on any atom is -0.489 e. The number of nitrogen functional groups attached to an aromatic ring is 1. The van der Waals surface area contributed by atoms with Crippen molar-refractivity contribution in [2.24, 2.45) is 5.73 Å². The zero-order valence-corrected chi connectivity index (χ0v) is 20.1. The Hall–Kier alpha value is -3.24. The fourth-order valence-corrected chi connectivity index (χ4v) is 3.65. The van der Waals surface area contributed by atoms with Gasteiger partial charge in [-0.1, -0.05) is 24.3 Å². The Balaban J connectivity index is 0.00000432. The molecule has 0 saturated carbocycles. The molecule has 4 N–H and O–H groups in total. The highest BCUT2D eigenvalue weighted by molar-refractivity contribution is 5.94. The van der Waals surface area contributed by atoms with Crippen LogP contribution in [0.5, 0.6) is 5.75 Å². The van der Waals surface area contributed by atoms with Gasteiger partial charge in [0.15, 0.2) is 17.7 Å². The molecule has 11 heteroatoms. The molecular weight excluding hydrogens is 482 g/mol. The van der Waals surface area contributed by atoms with Gasteiger partial charge in [-0.2, -0.15) is 0 Å². The average molecular weight is 511 g/mol. The Morgan fingerprint density at radius 2 is 1.94 bits per heavy atom. The number of nitrogens with zero attached hydrogens (tertiary/aromatic N) is 1. The predicted molar refractivity (Wildman–Crippen MR) is 129 cm³/mol. The van der Waals surface area contributed by atoms with Crippen molar-refractivity contribution in [1.29, 1.82) is 5.41 Å². The monoisotopic (exact) mass is 510 g/mol. The number of halogens is 3. The zero-order chi connectivity index (χ0) is 24.7. The van der Waals surface area contributed by atoms with Crippen molar-refractivity contribution >= 4 is 30.1 Å². The van der Waals surface area contributed by atoms with E-state index in [4.69, 9.17) is 20.6 Å². The largest absolute Gasteiger partial charge is 0.489 e. The number of amidine groups is 1. The van der Waals surface area contributed by atoms with Crippen molar-refractivity contribution in [2.45, 2.75) is 32.4 Å². The van der Waals surface area contributed by atoms with Gasteiger partial charge in [0.2, 0.25) is 5.91 Å². The number of nitrogens with two attached hydrogens (primary N) is 1. The van der Waals surface area contributed by atoms with Gasteiger partial charge in [-0.05, 0) is 31.0 Å². The third-order valence-corrected chi connectivity index (χ3v) is 5.45. The Morgan fingerprint density at radius 3 is 2.54 bits per heavy atom. The van der Waals surface area contributed by atoms with E-state index in [1.54, 1.807) is 36.1 Å². The van der Waals surface area contributed by atoms with Crippen LogP contribution in [0.3, 0.4) is 0 Å². The molecular formula is C24H29ClF2N4O4. The summed E-state index contributed by atoms with van der Waals surface area (Å²) < 4.78 is 40.7. The summed E-state index contributed by atoms with van der Waals surface area (Å²) in [6.07, 6.45) is -0.258. The first kappa shape index (κ1) is 28.0. The molecule has 0 radical (unpaired) electrons. The summed E-state index contributed by atoms with van der Waals surface area (Å²) in [6, 6.07) is 8.83. The standard InChI is InChI=1S/C24H28F2N4O4.ClH/c1-2-33-22(24(32)29-14-15-5-7-16(8-6-15)23(27)28)20-17(25)9-10-18(21(20)26)34-13-12-30-11-3-4-19(30)31;/h5-10,22H,2-4,11-14H2,1H3,(H3,27,28)(H,29,32);1H/t22-;/m0./s1. The van der Waals surface area contributed by atoms with Crippen LogP contribution in [0.15, 0.2) is 36.4 Å². The van der Waals surface area contributed by atoms with Crippen LogP contribution < -0.4 is 15.8 Å². The first-order valence-corrected chi connectivity index (χ1v) is 11.0. The minimum atomic E-state index is -1.52. The van der Waals surface area contributed by atoms with Crippen molar-refractivity contribution in [2.75, 3.05) is 26.3 Å². The van der Waals surface area contributed by atoms with Gasteiger partial charge in [-0.25, -0.2) is 8.78 Å². The number of hydrogen-bond acceptors (Lipinski definition) is 5. The number of hydrogen-bond donors (Lipinski definition) is 3. The van der Waals surface area contributed by atoms with Gasteiger partial charge in [0, 0.05) is 31.7 Å². The topological polar surface area (TPSA) is 118 Å². The molecule has 1 aliphatic rings. The summed E-state index contributed by atoms with van der Waals surface area (Å²) >= 11 is 0. The predicted octanol–water partition coefficient (Wildman–Crippen LogP) is 3.07. The van der Waals surface area contributed by atoms with Crippen LogP contribution in [0, 0.1) is 17.0 Å². The Kier molecular flexibility index (Phi) is 10.4. The van der Waals surface area contributed by atoms with E-state index in [2.05, 4.69) is 5.32 Å². The lowest BCUT2D eigenvalue weighted by atomic mass is 10.1. The molecule has 1 fully saturated rings. The van der Waals surface area contributed by atoms with Gasteiger partial charge in [0.05, 0.1) is 12.1 Å². The smallest absolute Gasteiger partial charge is 0.254 e. The van der Waals surface area contributed by atoms with Crippen LogP contribution in [0.25, 0.3) is 0 Å². The molecule has 2 aromatic rings. The Labute approximate surface area is 208 Å². The van der Waals surface area contributed by atoms with Crippen molar-refractivity contribution in [3.05, 3.63) is 64.7 Å². The van der Waals surface area contributed by atoms with Crippen molar-refractivity contribution < 1.29 is 27.8 Å². The van der Waals surface area contributed by atoms with Crippen LogP contribution >= 0.6 is 12.4 Å². The van der Waals surface area contributed by atoms with Gasteiger partial charge in [0.25, 0.3) is 5.91 Å². The second-order valence-corrected chi connectivity index (χ2v) is 7.77. The minimum absolute atomic E-state index is 0. The molecule has 0 spiro atoms. The SMILES string of the molecule is CCO[C@H](C(=O)NCc1ccc(C(=N)N)cc1)c1c(F)ccc(OCCN2CCCC2=O)c1F.Cl. The number of likely N-dealkylation sites (tertiary alicyclic amines) is 1. The van der Waals surface area contributed by atoms with E-state index >= 15 is 4.39 Å². The van der Waals surface area contributed by atoms with Crippen molar-refractivity contribution in [3.63, 3.8) is 0 Å². The summed E-state index contributed by atoms with van der Waals surface area (Å²) in [6.45, 7) is 2.71. The number of ether oxygens (including phenoxy) is 2. The fourth-order valence-electron chi connectivity index (χ4n) is 3.65.